The minimum absolute atomic E-state index is 0.0592. The smallest absolute Gasteiger partial charge is 0.281 e. The molecule has 1 aliphatic rings. The molecule has 0 aliphatic carbocycles. The van der Waals surface area contributed by atoms with Crippen LogP contribution in [0.2, 0.25) is 0 Å². The Morgan fingerprint density at radius 2 is 1.96 bits per heavy atom. The van der Waals surface area contributed by atoms with Gasteiger partial charge >= 0.3 is 0 Å². The highest BCUT2D eigenvalue weighted by atomic mass is 32.2. The number of rotatable bonds is 4. The van der Waals surface area contributed by atoms with Gasteiger partial charge in [-0.2, -0.15) is 22.1 Å². The van der Waals surface area contributed by atoms with Crippen LogP contribution in [0.1, 0.15) is 36.0 Å². The summed E-state index contributed by atoms with van der Waals surface area (Å²) in [5, 5.41) is 7.18. The maximum absolute atomic E-state index is 12.4. The lowest BCUT2D eigenvalue weighted by atomic mass is 9.95. The number of piperidine rings is 1. The third-order valence-electron chi connectivity index (χ3n) is 4.42. The first kappa shape index (κ1) is 18.0. The van der Waals surface area contributed by atoms with Crippen LogP contribution >= 0.6 is 0 Å². The van der Waals surface area contributed by atoms with E-state index in [1.807, 2.05) is 26.0 Å². The molecule has 1 N–H and O–H groups in total. The number of hydrogen-bond acceptors (Lipinski definition) is 5. The van der Waals surface area contributed by atoms with Crippen LogP contribution in [0.4, 0.5) is 0 Å². The van der Waals surface area contributed by atoms with Crippen molar-refractivity contribution in [1.29, 1.82) is 0 Å². The number of aromatic amines is 1. The molecule has 0 bridgehead atoms. The van der Waals surface area contributed by atoms with Gasteiger partial charge in [-0.3, -0.25) is 5.10 Å². The summed E-state index contributed by atoms with van der Waals surface area (Å²) in [5.74, 6) is 0.727. The van der Waals surface area contributed by atoms with Gasteiger partial charge in [0.15, 0.2) is 0 Å². The summed E-state index contributed by atoms with van der Waals surface area (Å²) in [4.78, 5) is 9.04. The van der Waals surface area contributed by atoms with E-state index < -0.39 is 10.2 Å². The van der Waals surface area contributed by atoms with Crippen LogP contribution in [0, 0.1) is 13.8 Å². The Kier molecular flexibility index (Phi) is 4.90. The van der Waals surface area contributed by atoms with Gasteiger partial charge in [0.05, 0.1) is 5.69 Å². The first-order valence-corrected chi connectivity index (χ1v) is 9.72. The van der Waals surface area contributed by atoms with E-state index in [1.165, 1.54) is 8.61 Å². The first-order chi connectivity index (χ1) is 11.8. The summed E-state index contributed by atoms with van der Waals surface area (Å²) in [7, 11) is -0.281. The summed E-state index contributed by atoms with van der Waals surface area (Å²) in [6, 6.07) is 3.87. The molecular formula is C16H24N6O2S. The fourth-order valence-corrected chi connectivity index (χ4v) is 4.29. The summed E-state index contributed by atoms with van der Waals surface area (Å²) in [6.07, 6.45) is 1.73. The fraction of sp³-hybridized carbons (Fsp3) is 0.562. The summed E-state index contributed by atoms with van der Waals surface area (Å²) in [5.41, 5.74) is 3.38. The van der Waals surface area contributed by atoms with Crippen molar-refractivity contribution in [2.45, 2.75) is 32.6 Å². The van der Waals surface area contributed by atoms with Crippen LogP contribution < -0.4 is 0 Å². The number of nitrogens with zero attached hydrogens (tertiary/aromatic N) is 5. The van der Waals surface area contributed by atoms with Gasteiger partial charge < -0.3 is 0 Å². The number of aromatic nitrogens is 4. The number of aryl methyl sites for hydroxylation is 2. The Balaban J connectivity index is 1.90. The maximum atomic E-state index is 12.4. The SMILES string of the molecule is Cc1nc(-c2cc(C)[nH]n2)cc([C@@H]2CCCN(S(=O)(=O)N(C)C)C2)n1. The van der Waals surface area contributed by atoms with Crippen LogP contribution in [0.5, 0.6) is 0 Å². The second kappa shape index (κ2) is 6.81. The quantitative estimate of drug-likeness (QED) is 0.886. The lowest BCUT2D eigenvalue weighted by molar-refractivity contribution is 0.296. The molecular weight excluding hydrogens is 340 g/mol. The van der Waals surface area contributed by atoms with Crippen LogP contribution in [0.15, 0.2) is 12.1 Å². The zero-order valence-electron chi connectivity index (χ0n) is 15.0. The van der Waals surface area contributed by atoms with Gasteiger partial charge in [0.2, 0.25) is 0 Å². The average molecular weight is 364 g/mol. The van der Waals surface area contributed by atoms with Gasteiger partial charge in [-0.15, -0.1) is 0 Å². The van der Waals surface area contributed by atoms with E-state index in [0.29, 0.717) is 18.9 Å². The Labute approximate surface area is 148 Å². The highest BCUT2D eigenvalue weighted by Crippen LogP contribution is 2.29. The highest BCUT2D eigenvalue weighted by molar-refractivity contribution is 7.86. The van der Waals surface area contributed by atoms with Gasteiger partial charge in [0.25, 0.3) is 10.2 Å². The molecule has 0 spiro atoms. The van der Waals surface area contributed by atoms with E-state index in [-0.39, 0.29) is 5.92 Å². The predicted octanol–water partition coefficient (Wildman–Crippen LogP) is 1.47. The molecule has 2 aromatic rings. The lowest BCUT2D eigenvalue weighted by Crippen LogP contribution is -2.45. The van der Waals surface area contributed by atoms with Gasteiger partial charge in [-0.05, 0) is 38.8 Å². The zero-order valence-corrected chi connectivity index (χ0v) is 15.8. The van der Waals surface area contributed by atoms with Crippen molar-refractivity contribution in [3.8, 4) is 11.4 Å². The normalized spacial score (nSPS) is 19.5. The molecule has 8 nitrogen and oxygen atoms in total. The largest absolute Gasteiger partial charge is 0.282 e. The Morgan fingerprint density at radius 1 is 1.20 bits per heavy atom. The Hall–Kier alpha value is -1.84. The molecule has 2 aromatic heterocycles. The Morgan fingerprint density at radius 3 is 2.60 bits per heavy atom. The van der Waals surface area contributed by atoms with E-state index >= 15 is 0 Å². The molecule has 136 valence electrons. The van der Waals surface area contributed by atoms with Crippen molar-refractivity contribution in [1.82, 2.24) is 28.8 Å². The van der Waals surface area contributed by atoms with Crippen molar-refractivity contribution in [3.05, 3.63) is 29.3 Å². The van der Waals surface area contributed by atoms with Crippen molar-refractivity contribution in [3.63, 3.8) is 0 Å². The van der Waals surface area contributed by atoms with E-state index in [1.54, 1.807) is 14.1 Å². The summed E-state index contributed by atoms with van der Waals surface area (Å²) in [6.45, 7) is 4.78. The van der Waals surface area contributed by atoms with Crippen LogP contribution in [0.25, 0.3) is 11.4 Å². The molecule has 1 fully saturated rings. The van der Waals surface area contributed by atoms with E-state index in [0.717, 1.165) is 35.6 Å². The minimum atomic E-state index is -3.40. The van der Waals surface area contributed by atoms with Gasteiger partial charge in [-0.25, -0.2) is 9.97 Å². The molecule has 3 heterocycles. The number of H-pyrrole nitrogens is 1. The predicted molar refractivity (Wildman–Crippen MR) is 95.2 cm³/mol. The third-order valence-corrected chi connectivity index (χ3v) is 6.32. The topological polar surface area (TPSA) is 95.1 Å². The fourth-order valence-electron chi connectivity index (χ4n) is 3.10. The molecule has 3 rings (SSSR count). The molecule has 0 radical (unpaired) electrons. The molecule has 0 aromatic carbocycles. The molecule has 0 saturated carbocycles. The molecule has 0 unspecified atom stereocenters. The molecule has 1 saturated heterocycles. The van der Waals surface area contributed by atoms with Crippen molar-refractivity contribution < 1.29 is 8.42 Å². The third kappa shape index (κ3) is 3.73. The number of nitrogens with one attached hydrogen (secondary N) is 1. The van der Waals surface area contributed by atoms with Gasteiger partial charge in [0.1, 0.15) is 11.5 Å². The van der Waals surface area contributed by atoms with E-state index in [2.05, 4.69) is 20.2 Å². The average Bonchev–Trinajstić information content (AvgIpc) is 3.01. The maximum Gasteiger partial charge on any atom is 0.281 e. The highest BCUT2D eigenvalue weighted by Gasteiger charge is 2.32. The minimum Gasteiger partial charge on any atom is -0.282 e. The van der Waals surface area contributed by atoms with E-state index in [9.17, 15) is 8.42 Å². The zero-order chi connectivity index (χ0) is 18.2. The lowest BCUT2D eigenvalue weighted by Gasteiger charge is -2.33. The van der Waals surface area contributed by atoms with Crippen LogP contribution in [-0.2, 0) is 10.2 Å². The van der Waals surface area contributed by atoms with Crippen molar-refractivity contribution in [2.24, 2.45) is 0 Å². The second-order valence-electron chi connectivity index (χ2n) is 6.65. The van der Waals surface area contributed by atoms with Crippen LogP contribution in [0.3, 0.4) is 0 Å². The summed E-state index contributed by atoms with van der Waals surface area (Å²) >= 11 is 0. The van der Waals surface area contributed by atoms with Crippen molar-refractivity contribution >= 4 is 10.2 Å². The number of hydrogen-bond donors (Lipinski definition) is 1. The molecule has 1 atom stereocenters. The standard InChI is InChI=1S/C16H24N6O2S/c1-11-8-16(20-19-11)15-9-14(17-12(2)18-15)13-6-5-7-22(10-13)25(23,24)21(3)4/h8-9,13H,5-7,10H2,1-4H3,(H,19,20)/t13-/m1/s1. The Bertz CT molecular complexity index is 861. The molecule has 25 heavy (non-hydrogen) atoms. The van der Waals surface area contributed by atoms with Crippen molar-refractivity contribution in [2.75, 3.05) is 27.2 Å². The van der Waals surface area contributed by atoms with Gasteiger partial charge in [-0.1, -0.05) is 0 Å². The first-order valence-electron chi connectivity index (χ1n) is 8.33. The second-order valence-corrected chi connectivity index (χ2v) is 8.79. The van der Waals surface area contributed by atoms with E-state index in [4.69, 9.17) is 0 Å². The van der Waals surface area contributed by atoms with Crippen LogP contribution in [-0.4, -0.2) is 64.4 Å². The summed E-state index contributed by atoms with van der Waals surface area (Å²) < 4.78 is 27.7. The molecule has 1 aliphatic heterocycles. The van der Waals surface area contributed by atoms with Gasteiger partial charge in [0, 0.05) is 44.5 Å². The monoisotopic (exact) mass is 364 g/mol. The molecule has 9 heteroatoms. The molecule has 0 amide bonds.